The van der Waals surface area contributed by atoms with E-state index in [0.29, 0.717) is 11.2 Å². The first-order valence-electron chi connectivity index (χ1n) is 6.14. The lowest BCUT2D eigenvalue weighted by molar-refractivity contribution is -0.0244. The molecular formula is C12H12N6O3. The van der Waals surface area contributed by atoms with Crippen molar-refractivity contribution in [1.82, 2.24) is 19.5 Å². The van der Waals surface area contributed by atoms with Crippen molar-refractivity contribution in [2.75, 3.05) is 5.73 Å². The van der Waals surface area contributed by atoms with E-state index in [1.165, 1.54) is 29.4 Å². The van der Waals surface area contributed by atoms with Crippen LogP contribution in [0.5, 0.6) is 0 Å². The standard InChI is InChI=1S/C12H12N6O3/c13-3-1-2-6-8(19)9(20)12(21-6)18-5-17-7-10(14)15-4-16-11(7)18/h1-2,4-6,8-9,12,19-20H,(H2,14,15,16)/b2-1+/t6-,8-,9-,12-/m1/s1. The van der Waals surface area contributed by atoms with Crippen LogP contribution in [0, 0.1) is 11.3 Å². The zero-order valence-corrected chi connectivity index (χ0v) is 10.7. The second kappa shape index (κ2) is 5.10. The molecule has 1 aliphatic heterocycles. The maximum absolute atomic E-state index is 10.1. The van der Waals surface area contributed by atoms with Gasteiger partial charge in [0, 0.05) is 6.08 Å². The molecule has 0 unspecified atom stereocenters. The van der Waals surface area contributed by atoms with Crippen LogP contribution in [0.2, 0.25) is 0 Å². The third kappa shape index (κ3) is 2.11. The average Bonchev–Trinajstić information content (AvgIpc) is 3.02. The second-order valence-electron chi connectivity index (χ2n) is 4.54. The maximum Gasteiger partial charge on any atom is 0.167 e. The number of nitrogens with zero attached hydrogens (tertiary/aromatic N) is 5. The Kier molecular flexibility index (Phi) is 3.26. The van der Waals surface area contributed by atoms with E-state index in [1.807, 2.05) is 6.07 Å². The molecular weight excluding hydrogens is 276 g/mol. The number of allylic oxidation sites excluding steroid dienone is 1. The molecule has 3 heterocycles. The van der Waals surface area contributed by atoms with E-state index in [2.05, 4.69) is 15.0 Å². The van der Waals surface area contributed by atoms with Gasteiger partial charge in [0.25, 0.3) is 0 Å². The van der Waals surface area contributed by atoms with E-state index in [9.17, 15) is 10.2 Å². The molecule has 0 amide bonds. The Morgan fingerprint density at radius 1 is 1.33 bits per heavy atom. The first-order chi connectivity index (χ1) is 10.1. The fraction of sp³-hybridized carbons (Fsp3) is 0.333. The number of aliphatic hydroxyl groups is 2. The van der Waals surface area contributed by atoms with Crippen molar-refractivity contribution >= 4 is 17.0 Å². The number of fused-ring (bicyclic) bond motifs is 1. The third-order valence-corrected chi connectivity index (χ3v) is 3.30. The van der Waals surface area contributed by atoms with Crippen LogP contribution in [-0.2, 0) is 4.74 Å². The minimum absolute atomic E-state index is 0.215. The molecule has 9 heteroatoms. The topological polar surface area (TPSA) is 143 Å². The van der Waals surface area contributed by atoms with Gasteiger partial charge in [-0.1, -0.05) is 0 Å². The smallest absolute Gasteiger partial charge is 0.167 e. The van der Waals surface area contributed by atoms with Gasteiger partial charge in [0.15, 0.2) is 17.7 Å². The van der Waals surface area contributed by atoms with E-state index in [1.54, 1.807) is 0 Å². The van der Waals surface area contributed by atoms with Crippen LogP contribution in [0.4, 0.5) is 5.82 Å². The van der Waals surface area contributed by atoms with Crippen LogP contribution in [0.15, 0.2) is 24.8 Å². The predicted octanol–water partition coefficient (Wildman–Crippen LogP) is -0.893. The Morgan fingerprint density at radius 2 is 2.14 bits per heavy atom. The molecule has 3 rings (SSSR count). The van der Waals surface area contributed by atoms with Crippen LogP contribution in [0.1, 0.15) is 6.23 Å². The fourth-order valence-corrected chi connectivity index (χ4v) is 2.27. The van der Waals surface area contributed by atoms with Gasteiger partial charge in [-0.25, -0.2) is 15.0 Å². The number of nitriles is 1. The Bertz CT molecular complexity index is 736. The Hall–Kier alpha value is -2.54. The summed E-state index contributed by atoms with van der Waals surface area (Å²) in [6.07, 6.45) is 1.25. The number of aromatic nitrogens is 4. The van der Waals surface area contributed by atoms with Gasteiger partial charge < -0.3 is 20.7 Å². The molecule has 1 fully saturated rings. The summed E-state index contributed by atoms with van der Waals surface area (Å²) in [5, 5.41) is 28.6. The molecule has 0 spiro atoms. The molecule has 0 aromatic carbocycles. The molecule has 0 bridgehead atoms. The lowest BCUT2D eigenvalue weighted by atomic mass is 10.1. The van der Waals surface area contributed by atoms with Crippen LogP contribution in [0.3, 0.4) is 0 Å². The number of nitrogens with two attached hydrogens (primary N) is 1. The summed E-state index contributed by atoms with van der Waals surface area (Å²) < 4.78 is 7.04. The average molecular weight is 288 g/mol. The predicted molar refractivity (Wildman–Crippen MR) is 70.4 cm³/mol. The van der Waals surface area contributed by atoms with E-state index < -0.39 is 24.5 Å². The number of anilines is 1. The SMILES string of the molecule is N#C/C=C/[C@H]1O[C@@H](n2cnc3c(N)ncnc32)[C@H](O)[C@@H]1O. The number of nitrogen functional groups attached to an aromatic ring is 1. The van der Waals surface area contributed by atoms with E-state index in [0.717, 1.165) is 0 Å². The highest BCUT2D eigenvalue weighted by molar-refractivity contribution is 5.81. The highest BCUT2D eigenvalue weighted by atomic mass is 16.6. The maximum atomic E-state index is 10.1. The molecule has 9 nitrogen and oxygen atoms in total. The summed E-state index contributed by atoms with van der Waals surface area (Å²) >= 11 is 0. The van der Waals surface area contributed by atoms with Crippen LogP contribution >= 0.6 is 0 Å². The van der Waals surface area contributed by atoms with Crippen molar-refractivity contribution in [1.29, 1.82) is 5.26 Å². The molecule has 1 aliphatic rings. The number of aliphatic hydroxyl groups excluding tert-OH is 2. The minimum Gasteiger partial charge on any atom is -0.387 e. The number of imidazole rings is 1. The quantitative estimate of drug-likeness (QED) is 0.604. The van der Waals surface area contributed by atoms with Crippen molar-refractivity contribution in [2.24, 2.45) is 0 Å². The third-order valence-electron chi connectivity index (χ3n) is 3.30. The molecule has 4 N–H and O–H groups in total. The largest absolute Gasteiger partial charge is 0.387 e. The van der Waals surface area contributed by atoms with Gasteiger partial charge in [0.05, 0.1) is 12.4 Å². The van der Waals surface area contributed by atoms with Gasteiger partial charge in [-0.3, -0.25) is 4.57 Å². The molecule has 1 saturated heterocycles. The molecule has 108 valence electrons. The minimum atomic E-state index is -1.19. The zero-order valence-electron chi connectivity index (χ0n) is 10.7. The summed E-state index contributed by atoms with van der Waals surface area (Å²) in [4.78, 5) is 12.0. The van der Waals surface area contributed by atoms with Crippen LogP contribution in [0.25, 0.3) is 11.2 Å². The van der Waals surface area contributed by atoms with Gasteiger partial charge in [0.1, 0.15) is 30.2 Å². The first-order valence-corrected chi connectivity index (χ1v) is 6.14. The Labute approximate surface area is 118 Å². The van der Waals surface area contributed by atoms with Crippen molar-refractivity contribution in [2.45, 2.75) is 24.5 Å². The van der Waals surface area contributed by atoms with Crippen molar-refractivity contribution in [3.05, 3.63) is 24.8 Å². The van der Waals surface area contributed by atoms with Gasteiger partial charge in [-0.2, -0.15) is 5.26 Å². The van der Waals surface area contributed by atoms with E-state index in [-0.39, 0.29) is 5.82 Å². The highest BCUT2D eigenvalue weighted by Crippen LogP contribution is 2.32. The van der Waals surface area contributed by atoms with Crippen molar-refractivity contribution in [3.63, 3.8) is 0 Å². The monoisotopic (exact) mass is 288 g/mol. The van der Waals surface area contributed by atoms with Gasteiger partial charge in [0.2, 0.25) is 0 Å². The molecule has 21 heavy (non-hydrogen) atoms. The summed E-state index contributed by atoms with van der Waals surface area (Å²) in [7, 11) is 0. The molecule has 0 radical (unpaired) electrons. The van der Waals surface area contributed by atoms with Crippen LogP contribution in [-0.4, -0.2) is 48.0 Å². The summed E-state index contributed by atoms with van der Waals surface area (Å²) in [5.41, 5.74) is 6.48. The fourth-order valence-electron chi connectivity index (χ4n) is 2.27. The summed E-state index contributed by atoms with van der Waals surface area (Å²) in [6.45, 7) is 0. The first kappa shape index (κ1) is 13.4. The van der Waals surface area contributed by atoms with E-state index >= 15 is 0 Å². The lowest BCUT2D eigenvalue weighted by Crippen LogP contribution is -2.30. The Morgan fingerprint density at radius 3 is 2.90 bits per heavy atom. The molecule has 4 atom stereocenters. The zero-order chi connectivity index (χ0) is 15.0. The van der Waals surface area contributed by atoms with Gasteiger partial charge in [-0.05, 0) is 6.08 Å². The molecule has 2 aromatic heterocycles. The molecule has 0 aliphatic carbocycles. The number of hydrogen-bond acceptors (Lipinski definition) is 8. The lowest BCUT2D eigenvalue weighted by Gasteiger charge is -2.16. The normalized spacial score (nSPS) is 29.2. The number of rotatable bonds is 2. The van der Waals surface area contributed by atoms with Gasteiger partial charge in [-0.15, -0.1) is 0 Å². The van der Waals surface area contributed by atoms with Crippen molar-refractivity contribution < 1.29 is 14.9 Å². The number of hydrogen-bond donors (Lipinski definition) is 3. The summed E-state index contributed by atoms with van der Waals surface area (Å²) in [6, 6.07) is 1.81. The van der Waals surface area contributed by atoms with Gasteiger partial charge >= 0.3 is 0 Å². The molecule has 2 aromatic rings. The highest BCUT2D eigenvalue weighted by Gasteiger charge is 2.43. The van der Waals surface area contributed by atoms with E-state index in [4.69, 9.17) is 15.7 Å². The Balaban J connectivity index is 1.98. The number of ether oxygens (including phenoxy) is 1. The van der Waals surface area contributed by atoms with Crippen molar-refractivity contribution in [3.8, 4) is 6.07 Å². The molecule has 0 saturated carbocycles. The second-order valence-corrected chi connectivity index (χ2v) is 4.54. The van der Waals surface area contributed by atoms with Crippen LogP contribution < -0.4 is 5.73 Å². The summed E-state index contributed by atoms with van der Waals surface area (Å²) in [5.74, 6) is 0.215.